The van der Waals surface area contributed by atoms with E-state index in [9.17, 15) is 0 Å². The van der Waals surface area contributed by atoms with Crippen LogP contribution in [0.5, 0.6) is 0 Å². The normalized spacial score (nSPS) is 44.3. The number of rotatable bonds is 1. The van der Waals surface area contributed by atoms with Crippen molar-refractivity contribution in [3.63, 3.8) is 0 Å². The molecule has 3 atom stereocenters. The molecule has 2 aliphatic rings. The number of hydroxylamine groups is 1. The van der Waals surface area contributed by atoms with Gasteiger partial charge >= 0.3 is 0 Å². The molecular formula is C8H13NO3. The molecule has 0 bridgehead atoms. The van der Waals surface area contributed by atoms with Crippen LogP contribution >= 0.6 is 0 Å². The molecule has 0 saturated carbocycles. The summed E-state index contributed by atoms with van der Waals surface area (Å²) in [4.78, 5) is 5.14. The third-order valence-corrected chi connectivity index (χ3v) is 2.01. The highest BCUT2D eigenvalue weighted by Crippen LogP contribution is 2.32. The second-order valence-electron chi connectivity index (χ2n) is 3.46. The third kappa shape index (κ3) is 1.17. The highest BCUT2D eigenvalue weighted by atomic mass is 16.8. The minimum Gasteiger partial charge on any atom is -0.340 e. The van der Waals surface area contributed by atoms with Gasteiger partial charge in [0.05, 0.1) is 0 Å². The number of hydrogen-bond acceptors (Lipinski definition) is 4. The summed E-state index contributed by atoms with van der Waals surface area (Å²) in [6, 6.07) is 0. The van der Waals surface area contributed by atoms with Crippen LogP contribution in [0, 0.1) is 0 Å². The van der Waals surface area contributed by atoms with Crippen LogP contribution in [0.1, 0.15) is 13.8 Å². The Bertz CT molecular complexity index is 204. The van der Waals surface area contributed by atoms with Gasteiger partial charge in [0, 0.05) is 0 Å². The molecule has 4 heteroatoms. The van der Waals surface area contributed by atoms with Gasteiger partial charge in [0.2, 0.25) is 0 Å². The first-order valence-corrected chi connectivity index (χ1v) is 4.02. The molecule has 2 saturated heterocycles. The quantitative estimate of drug-likeness (QED) is 0.585. The molecule has 2 heterocycles. The van der Waals surface area contributed by atoms with Gasteiger partial charge in [-0.2, -0.15) is 5.48 Å². The Kier molecular flexibility index (Phi) is 1.73. The molecule has 1 N–H and O–H groups in total. The molecule has 0 aromatic heterocycles. The minimum absolute atomic E-state index is 0.0718. The summed E-state index contributed by atoms with van der Waals surface area (Å²) in [6.07, 6.45) is 1.36. The number of fused-ring (bicyclic) bond motifs is 1. The van der Waals surface area contributed by atoms with Crippen molar-refractivity contribution in [1.29, 1.82) is 0 Å². The van der Waals surface area contributed by atoms with Crippen LogP contribution in [0.15, 0.2) is 12.7 Å². The highest BCUT2D eigenvalue weighted by molar-refractivity contribution is 4.96. The Balaban J connectivity index is 2.11. The van der Waals surface area contributed by atoms with Gasteiger partial charge in [0.25, 0.3) is 0 Å². The Morgan fingerprint density at radius 3 is 2.83 bits per heavy atom. The standard InChI is InChI=1S/C8H13NO3/c1-4-5-6-7(9-12-5)11-8(2,3)10-6/h4-7,9H,1H2,2-3H3/t5-,6?,7?/m0/s1. The number of hydrogen-bond donors (Lipinski definition) is 1. The van der Waals surface area contributed by atoms with Crippen LogP contribution in [0.25, 0.3) is 0 Å². The van der Waals surface area contributed by atoms with Crippen LogP contribution in [0.2, 0.25) is 0 Å². The Labute approximate surface area is 71.4 Å². The predicted octanol–water partition coefficient (Wildman–Crippen LogP) is 0.553. The van der Waals surface area contributed by atoms with E-state index in [1.165, 1.54) is 0 Å². The van der Waals surface area contributed by atoms with E-state index in [0.717, 1.165) is 0 Å². The van der Waals surface area contributed by atoms with Gasteiger partial charge in [-0.15, -0.1) is 6.58 Å². The lowest BCUT2D eigenvalue weighted by atomic mass is 10.2. The van der Waals surface area contributed by atoms with Crippen LogP contribution in [-0.4, -0.2) is 24.2 Å². The molecule has 0 aromatic carbocycles. The summed E-state index contributed by atoms with van der Waals surface area (Å²) < 4.78 is 11.1. The zero-order valence-corrected chi connectivity index (χ0v) is 7.24. The molecule has 2 unspecified atom stereocenters. The first-order valence-electron chi connectivity index (χ1n) is 4.02. The molecule has 0 amide bonds. The molecule has 2 fully saturated rings. The van der Waals surface area contributed by atoms with Gasteiger partial charge in [0.1, 0.15) is 12.2 Å². The Morgan fingerprint density at radius 1 is 1.42 bits per heavy atom. The summed E-state index contributed by atoms with van der Waals surface area (Å²) in [5.74, 6) is -0.520. The van der Waals surface area contributed by atoms with Gasteiger partial charge in [-0.3, -0.25) is 4.84 Å². The smallest absolute Gasteiger partial charge is 0.165 e. The average Bonchev–Trinajstić information content (AvgIpc) is 2.42. The largest absolute Gasteiger partial charge is 0.340 e. The first kappa shape index (κ1) is 8.19. The minimum atomic E-state index is -0.520. The molecule has 2 rings (SSSR count). The maximum atomic E-state index is 5.60. The summed E-state index contributed by atoms with van der Waals surface area (Å²) in [5.41, 5.74) is 2.76. The Hall–Kier alpha value is -0.420. The van der Waals surface area contributed by atoms with E-state index < -0.39 is 5.79 Å². The van der Waals surface area contributed by atoms with E-state index in [2.05, 4.69) is 12.1 Å². The van der Waals surface area contributed by atoms with Gasteiger partial charge in [-0.25, -0.2) is 0 Å². The van der Waals surface area contributed by atoms with Crippen molar-refractivity contribution in [2.45, 2.75) is 38.1 Å². The van der Waals surface area contributed by atoms with E-state index >= 15 is 0 Å². The number of ether oxygens (including phenoxy) is 2. The second-order valence-corrected chi connectivity index (χ2v) is 3.46. The van der Waals surface area contributed by atoms with Crippen LogP contribution in [0.4, 0.5) is 0 Å². The molecule has 12 heavy (non-hydrogen) atoms. The molecule has 0 radical (unpaired) electrons. The SMILES string of the molecule is C=C[C@@H]1ONC2OC(C)(C)OC21. The zero-order chi connectivity index (χ0) is 8.77. The fourth-order valence-electron chi connectivity index (χ4n) is 1.52. The fraction of sp³-hybridized carbons (Fsp3) is 0.750. The van der Waals surface area contributed by atoms with Crippen molar-refractivity contribution in [3.8, 4) is 0 Å². The summed E-state index contributed by atoms with van der Waals surface area (Å²) in [7, 11) is 0. The van der Waals surface area contributed by atoms with Gasteiger partial charge < -0.3 is 9.47 Å². The molecule has 2 aliphatic heterocycles. The lowest BCUT2D eigenvalue weighted by molar-refractivity contribution is -0.187. The third-order valence-electron chi connectivity index (χ3n) is 2.01. The van der Waals surface area contributed by atoms with Crippen molar-refractivity contribution in [1.82, 2.24) is 5.48 Å². The number of nitrogens with one attached hydrogen (secondary N) is 1. The maximum absolute atomic E-state index is 5.60. The van der Waals surface area contributed by atoms with E-state index in [1.54, 1.807) is 6.08 Å². The Morgan fingerprint density at radius 2 is 2.17 bits per heavy atom. The van der Waals surface area contributed by atoms with Crippen LogP contribution < -0.4 is 5.48 Å². The molecule has 0 aromatic rings. The average molecular weight is 171 g/mol. The van der Waals surface area contributed by atoms with E-state index in [4.69, 9.17) is 14.3 Å². The zero-order valence-electron chi connectivity index (χ0n) is 7.24. The molecule has 0 aliphatic carbocycles. The summed E-state index contributed by atoms with van der Waals surface area (Å²) >= 11 is 0. The van der Waals surface area contributed by atoms with Crippen LogP contribution in [-0.2, 0) is 14.3 Å². The van der Waals surface area contributed by atoms with Crippen molar-refractivity contribution in [3.05, 3.63) is 12.7 Å². The molecule has 0 spiro atoms. The topological polar surface area (TPSA) is 39.7 Å². The molecular weight excluding hydrogens is 158 g/mol. The monoisotopic (exact) mass is 171 g/mol. The fourth-order valence-corrected chi connectivity index (χ4v) is 1.52. The highest BCUT2D eigenvalue weighted by Gasteiger charge is 2.49. The van der Waals surface area contributed by atoms with Gasteiger partial charge in [0.15, 0.2) is 12.0 Å². The van der Waals surface area contributed by atoms with Crippen LogP contribution in [0.3, 0.4) is 0 Å². The summed E-state index contributed by atoms with van der Waals surface area (Å²) in [5, 5.41) is 0. The lowest BCUT2D eigenvalue weighted by Gasteiger charge is -2.19. The predicted molar refractivity (Wildman–Crippen MR) is 42.0 cm³/mol. The van der Waals surface area contributed by atoms with Gasteiger partial charge in [-0.1, -0.05) is 6.08 Å². The first-order chi connectivity index (χ1) is 5.62. The van der Waals surface area contributed by atoms with E-state index in [0.29, 0.717) is 0 Å². The van der Waals surface area contributed by atoms with Crippen molar-refractivity contribution in [2.24, 2.45) is 0 Å². The second kappa shape index (κ2) is 2.53. The summed E-state index contributed by atoms with van der Waals surface area (Å²) in [6.45, 7) is 7.41. The van der Waals surface area contributed by atoms with Crippen molar-refractivity contribution < 1.29 is 14.3 Å². The molecule has 4 nitrogen and oxygen atoms in total. The van der Waals surface area contributed by atoms with Crippen molar-refractivity contribution in [2.75, 3.05) is 0 Å². The van der Waals surface area contributed by atoms with Crippen molar-refractivity contribution >= 4 is 0 Å². The molecule has 68 valence electrons. The van der Waals surface area contributed by atoms with Gasteiger partial charge in [-0.05, 0) is 13.8 Å². The lowest BCUT2D eigenvalue weighted by Crippen LogP contribution is -2.29. The van der Waals surface area contributed by atoms with E-state index in [1.807, 2.05) is 13.8 Å². The van der Waals surface area contributed by atoms with E-state index in [-0.39, 0.29) is 18.4 Å². The maximum Gasteiger partial charge on any atom is 0.165 e.